The molecule has 1 fully saturated rings. The average molecular weight is 193 g/mol. The van der Waals surface area contributed by atoms with E-state index in [1.165, 1.54) is 25.7 Å². The lowest BCUT2D eigenvalue weighted by atomic mass is 10.00. The molecular formula is C12H19NO. The van der Waals surface area contributed by atoms with Crippen LogP contribution >= 0.6 is 0 Å². The first-order chi connectivity index (χ1) is 6.86. The molecule has 1 atom stereocenters. The largest absolute Gasteiger partial charge is 0.468 e. The van der Waals surface area contributed by atoms with Gasteiger partial charge in [-0.3, -0.25) is 0 Å². The summed E-state index contributed by atoms with van der Waals surface area (Å²) in [5.74, 6) is 1.92. The summed E-state index contributed by atoms with van der Waals surface area (Å²) in [5.41, 5.74) is 0. The highest BCUT2D eigenvalue weighted by Crippen LogP contribution is 2.27. The molecule has 1 aromatic heterocycles. The van der Waals surface area contributed by atoms with Crippen molar-refractivity contribution >= 4 is 0 Å². The van der Waals surface area contributed by atoms with Crippen molar-refractivity contribution < 1.29 is 4.42 Å². The van der Waals surface area contributed by atoms with Gasteiger partial charge < -0.3 is 9.73 Å². The van der Waals surface area contributed by atoms with Crippen LogP contribution in [-0.4, -0.2) is 6.04 Å². The van der Waals surface area contributed by atoms with Gasteiger partial charge in [0, 0.05) is 6.04 Å². The molecule has 78 valence electrons. The van der Waals surface area contributed by atoms with Crippen molar-refractivity contribution in [1.29, 1.82) is 0 Å². The molecule has 1 heterocycles. The zero-order chi connectivity index (χ0) is 9.80. The van der Waals surface area contributed by atoms with Crippen molar-refractivity contribution in [3.63, 3.8) is 0 Å². The first kappa shape index (κ1) is 9.78. The second kappa shape index (κ2) is 4.65. The Morgan fingerprint density at radius 3 is 2.93 bits per heavy atom. The van der Waals surface area contributed by atoms with E-state index in [4.69, 9.17) is 4.42 Å². The van der Waals surface area contributed by atoms with Crippen LogP contribution in [0.2, 0.25) is 0 Å². The topological polar surface area (TPSA) is 25.2 Å². The Morgan fingerprint density at radius 2 is 2.29 bits per heavy atom. The van der Waals surface area contributed by atoms with Gasteiger partial charge in [0.1, 0.15) is 5.76 Å². The van der Waals surface area contributed by atoms with Crippen molar-refractivity contribution in [2.45, 2.75) is 45.2 Å². The van der Waals surface area contributed by atoms with E-state index < -0.39 is 0 Å². The number of hydrogen-bond acceptors (Lipinski definition) is 2. The number of rotatable bonds is 4. The van der Waals surface area contributed by atoms with Gasteiger partial charge in [-0.15, -0.1) is 0 Å². The van der Waals surface area contributed by atoms with Gasteiger partial charge in [-0.1, -0.05) is 12.8 Å². The van der Waals surface area contributed by atoms with E-state index in [2.05, 4.69) is 12.2 Å². The minimum atomic E-state index is 0.627. The van der Waals surface area contributed by atoms with Gasteiger partial charge in [0.25, 0.3) is 0 Å². The summed E-state index contributed by atoms with van der Waals surface area (Å²) in [6.07, 6.45) is 7.35. The fraction of sp³-hybridized carbons (Fsp3) is 0.667. The minimum Gasteiger partial charge on any atom is -0.468 e. The van der Waals surface area contributed by atoms with Gasteiger partial charge >= 0.3 is 0 Å². The van der Waals surface area contributed by atoms with Gasteiger partial charge in [-0.2, -0.15) is 0 Å². The summed E-state index contributed by atoms with van der Waals surface area (Å²) in [5, 5.41) is 3.53. The summed E-state index contributed by atoms with van der Waals surface area (Å²) in [6.45, 7) is 3.16. The summed E-state index contributed by atoms with van der Waals surface area (Å²) < 4.78 is 5.28. The van der Waals surface area contributed by atoms with Crippen molar-refractivity contribution in [2.24, 2.45) is 5.92 Å². The van der Waals surface area contributed by atoms with Crippen LogP contribution in [0.5, 0.6) is 0 Å². The molecule has 0 saturated heterocycles. The van der Waals surface area contributed by atoms with Crippen LogP contribution < -0.4 is 5.32 Å². The van der Waals surface area contributed by atoms with Gasteiger partial charge in [0.15, 0.2) is 0 Å². The van der Waals surface area contributed by atoms with E-state index in [-0.39, 0.29) is 0 Å². The Hall–Kier alpha value is -0.760. The lowest BCUT2D eigenvalue weighted by molar-refractivity contribution is 0.362. The van der Waals surface area contributed by atoms with Crippen molar-refractivity contribution in [2.75, 3.05) is 0 Å². The van der Waals surface area contributed by atoms with Crippen molar-refractivity contribution in [3.05, 3.63) is 24.2 Å². The highest BCUT2D eigenvalue weighted by atomic mass is 16.3. The van der Waals surface area contributed by atoms with E-state index in [0.717, 1.165) is 18.2 Å². The van der Waals surface area contributed by atoms with Gasteiger partial charge in [-0.25, -0.2) is 0 Å². The molecule has 0 unspecified atom stereocenters. The van der Waals surface area contributed by atoms with Crippen LogP contribution in [0.3, 0.4) is 0 Å². The zero-order valence-electron chi connectivity index (χ0n) is 8.83. The number of hydrogen-bond donors (Lipinski definition) is 1. The Kier molecular flexibility index (Phi) is 3.25. The average Bonchev–Trinajstić information content (AvgIpc) is 2.87. The Morgan fingerprint density at radius 1 is 1.50 bits per heavy atom. The fourth-order valence-corrected chi connectivity index (χ4v) is 2.30. The maximum Gasteiger partial charge on any atom is 0.117 e. The highest BCUT2D eigenvalue weighted by Gasteiger charge is 2.20. The summed E-state index contributed by atoms with van der Waals surface area (Å²) in [7, 11) is 0. The molecule has 2 heteroatoms. The molecular weight excluding hydrogens is 174 g/mol. The molecule has 1 saturated carbocycles. The maximum absolute atomic E-state index is 5.28. The van der Waals surface area contributed by atoms with E-state index in [9.17, 15) is 0 Å². The Balaban J connectivity index is 1.74. The molecule has 0 bridgehead atoms. The smallest absolute Gasteiger partial charge is 0.117 e. The lowest BCUT2D eigenvalue weighted by Gasteiger charge is -2.19. The molecule has 1 aliphatic rings. The standard InChI is InChI=1S/C12H19NO/c1-10(11-5-2-3-6-11)13-9-12-7-4-8-14-12/h4,7-8,10-11,13H,2-3,5-6,9H2,1H3/t10-/m0/s1. The number of furan rings is 1. The molecule has 1 aliphatic carbocycles. The minimum absolute atomic E-state index is 0.627. The van der Waals surface area contributed by atoms with E-state index >= 15 is 0 Å². The number of nitrogens with one attached hydrogen (secondary N) is 1. The van der Waals surface area contributed by atoms with E-state index in [0.29, 0.717) is 6.04 Å². The van der Waals surface area contributed by atoms with Crippen LogP contribution in [0.25, 0.3) is 0 Å². The third-order valence-corrected chi connectivity index (χ3v) is 3.29. The van der Waals surface area contributed by atoms with Crippen LogP contribution in [0.4, 0.5) is 0 Å². The van der Waals surface area contributed by atoms with Crippen LogP contribution in [-0.2, 0) is 6.54 Å². The molecule has 1 N–H and O–H groups in total. The van der Waals surface area contributed by atoms with Gasteiger partial charge in [-0.05, 0) is 37.8 Å². The maximum atomic E-state index is 5.28. The third-order valence-electron chi connectivity index (χ3n) is 3.29. The van der Waals surface area contributed by atoms with Crippen LogP contribution in [0.1, 0.15) is 38.4 Å². The molecule has 0 aromatic carbocycles. The predicted molar refractivity (Wildman–Crippen MR) is 57.0 cm³/mol. The molecule has 0 amide bonds. The fourth-order valence-electron chi connectivity index (χ4n) is 2.30. The van der Waals surface area contributed by atoms with Crippen molar-refractivity contribution in [3.8, 4) is 0 Å². The Labute approximate surface area is 85.7 Å². The monoisotopic (exact) mass is 193 g/mol. The Bertz CT molecular complexity index is 249. The van der Waals surface area contributed by atoms with Crippen LogP contribution in [0.15, 0.2) is 22.8 Å². The summed E-state index contributed by atoms with van der Waals surface area (Å²) >= 11 is 0. The van der Waals surface area contributed by atoms with E-state index in [1.807, 2.05) is 12.1 Å². The van der Waals surface area contributed by atoms with Crippen molar-refractivity contribution in [1.82, 2.24) is 5.32 Å². The van der Waals surface area contributed by atoms with Gasteiger partial charge in [0.05, 0.1) is 12.8 Å². The van der Waals surface area contributed by atoms with Gasteiger partial charge in [0.2, 0.25) is 0 Å². The molecule has 2 rings (SSSR count). The SMILES string of the molecule is C[C@H](NCc1ccco1)C1CCCC1. The van der Waals surface area contributed by atoms with Crippen LogP contribution in [0, 0.1) is 5.92 Å². The molecule has 0 radical (unpaired) electrons. The van der Waals surface area contributed by atoms with E-state index in [1.54, 1.807) is 6.26 Å². The summed E-state index contributed by atoms with van der Waals surface area (Å²) in [4.78, 5) is 0. The molecule has 2 nitrogen and oxygen atoms in total. The normalized spacial score (nSPS) is 20.1. The second-order valence-corrected chi connectivity index (χ2v) is 4.29. The molecule has 0 aliphatic heterocycles. The molecule has 1 aromatic rings. The summed E-state index contributed by atoms with van der Waals surface area (Å²) in [6, 6.07) is 4.59. The quantitative estimate of drug-likeness (QED) is 0.795. The second-order valence-electron chi connectivity index (χ2n) is 4.29. The third kappa shape index (κ3) is 2.38. The molecule has 0 spiro atoms. The first-order valence-corrected chi connectivity index (χ1v) is 5.62. The zero-order valence-corrected chi connectivity index (χ0v) is 8.83. The molecule has 14 heavy (non-hydrogen) atoms. The first-order valence-electron chi connectivity index (χ1n) is 5.62. The highest BCUT2D eigenvalue weighted by molar-refractivity contribution is 4.97. The lowest BCUT2D eigenvalue weighted by Crippen LogP contribution is -2.31. The predicted octanol–water partition coefficient (Wildman–Crippen LogP) is 2.95.